The number of amides is 1. The van der Waals surface area contributed by atoms with Crippen LogP contribution in [0.25, 0.3) is 0 Å². The van der Waals surface area contributed by atoms with Gasteiger partial charge in [0.25, 0.3) is 5.91 Å². The summed E-state index contributed by atoms with van der Waals surface area (Å²) in [6, 6.07) is 1.86. The number of anilines is 1. The summed E-state index contributed by atoms with van der Waals surface area (Å²) in [6.07, 6.45) is 1.61. The SMILES string of the molecule is CCOCCN(C)C(=O)c1cnc(C)cc1NC. The number of aromatic nitrogens is 1. The molecule has 0 aliphatic rings. The number of pyridine rings is 1. The first kappa shape index (κ1) is 14.4. The first-order valence-electron chi connectivity index (χ1n) is 6.07. The number of ether oxygens (including phenoxy) is 1. The van der Waals surface area contributed by atoms with E-state index in [9.17, 15) is 4.79 Å². The van der Waals surface area contributed by atoms with Crippen molar-refractivity contribution in [1.29, 1.82) is 0 Å². The van der Waals surface area contributed by atoms with Crippen LogP contribution in [0.15, 0.2) is 12.3 Å². The molecular formula is C13H21N3O2. The van der Waals surface area contributed by atoms with Crippen LogP contribution >= 0.6 is 0 Å². The largest absolute Gasteiger partial charge is 0.387 e. The number of aryl methyl sites for hydroxylation is 1. The number of carbonyl (C=O) groups is 1. The van der Waals surface area contributed by atoms with E-state index in [1.54, 1.807) is 25.2 Å². The average Bonchev–Trinajstić information content (AvgIpc) is 2.37. The Kier molecular flexibility index (Phi) is 5.58. The molecule has 1 N–H and O–H groups in total. The smallest absolute Gasteiger partial charge is 0.257 e. The fourth-order valence-corrected chi connectivity index (χ4v) is 1.59. The zero-order valence-electron chi connectivity index (χ0n) is 11.5. The van der Waals surface area contributed by atoms with Crippen LogP contribution in [0.4, 0.5) is 5.69 Å². The van der Waals surface area contributed by atoms with E-state index >= 15 is 0 Å². The van der Waals surface area contributed by atoms with Gasteiger partial charge in [-0.25, -0.2) is 0 Å². The highest BCUT2D eigenvalue weighted by Crippen LogP contribution is 2.16. The molecule has 0 radical (unpaired) electrons. The van der Waals surface area contributed by atoms with Crippen molar-refractivity contribution in [2.75, 3.05) is 39.2 Å². The lowest BCUT2D eigenvalue weighted by atomic mass is 10.2. The van der Waals surface area contributed by atoms with Crippen LogP contribution in [-0.2, 0) is 4.74 Å². The zero-order chi connectivity index (χ0) is 13.5. The number of nitrogens with zero attached hydrogens (tertiary/aromatic N) is 2. The summed E-state index contributed by atoms with van der Waals surface area (Å²) in [6.45, 7) is 5.62. The summed E-state index contributed by atoms with van der Waals surface area (Å²) in [5.41, 5.74) is 2.27. The quantitative estimate of drug-likeness (QED) is 0.779. The molecule has 0 bridgehead atoms. The maximum atomic E-state index is 12.2. The van der Waals surface area contributed by atoms with Crippen molar-refractivity contribution < 1.29 is 9.53 Å². The van der Waals surface area contributed by atoms with Gasteiger partial charge in [-0.3, -0.25) is 9.78 Å². The molecule has 100 valence electrons. The van der Waals surface area contributed by atoms with E-state index in [1.807, 2.05) is 19.9 Å². The summed E-state index contributed by atoms with van der Waals surface area (Å²) >= 11 is 0. The van der Waals surface area contributed by atoms with E-state index in [1.165, 1.54) is 0 Å². The maximum absolute atomic E-state index is 12.2. The molecule has 0 atom stereocenters. The van der Waals surface area contributed by atoms with E-state index < -0.39 is 0 Å². The molecule has 0 spiro atoms. The molecule has 5 nitrogen and oxygen atoms in total. The van der Waals surface area contributed by atoms with Crippen molar-refractivity contribution in [2.45, 2.75) is 13.8 Å². The molecule has 0 aliphatic heterocycles. The molecule has 0 fully saturated rings. The third-order valence-corrected chi connectivity index (χ3v) is 2.66. The first-order chi connectivity index (χ1) is 8.60. The van der Waals surface area contributed by atoms with Crippen molar-refractivity contribution in [1.82, 2.24) is 9.88 Å². The Balaban J connectivity index is 2.76. The summed E-state index contributed by atoms with van der Waals surface area (Å²) in [5.74, 6) is -0.0495. The topological polar surface area (TPSA) is 54.5 Å². The maximum Gasteiger partial charge on any atom is 0.257 e. The number of nitrogens with one attached hydrogen (secondary N) is 1. The Morgan fingerprint density at radius 1 is 1.56 bits per heavy atom. The normalized spacial score (nSPS) is 10.2. The van der Waals surface area contributed by atoms with E-state index in [4.69, 9.17) is 4.74 Å². The van der Waals surface area contributed by atoms with Crippen molar-refractivity contribution in [3.8, 4) is 0 Å². The van der Waals surface area contributed by atoms with Gasteiger partial charge in [0.1, 0.15) is 0 Å². The Bertz CT molecular complexity index is 407. The highest BCUT2D eigenvalue weighted by molar-refractivity contribution is 5.99. The van der Waals surface area contributed by atoms with Gasteiger partial charge in [-0.1, -0.05) is 0 Å². The average molecular weight is 251 g/mol. The van der Waals surface area contributed by atoms with Gasteiger partial charge in [0.15, 0.2) is 0 Å². The minimum absolute atomic E-state index is 0.0495. The molecule has 0 unspecified atom stereocenters. The highest BCUT2D eigenvalue weighted by Gasteiger charge is 2.15. The molecule has 0 aliphatic carbocycles. The second-order valence-electron chi connectivity index (χ2n) is 4.04. The van der Waals surface area contributed by atoms with Gasteiger partial charge in [-0.15, -0.1) is 0 Å². The van der Waals surface area contributed by atoms with Crippen LogP contribution in [0, 0.1) is 6.92 Å². The van der Waals surface area contributed by atoms with Crippen LogP contribution in [0.3, 0.4) is 0 Å². The molecule has 1 aromatic heterocycles. The highest BCUT2D eigenvalue weighted by atomic mass is 16.5. The van der Waals surface area contributed by atoms with E-state index in [0.29, 0.717) is 25.3 Å². The van der Waals surface area contributed by atoms with Crippen molar-refractivity contribution in [3.05, 3.63) is 23.5 Å². The van der Waals surface area contributed by atoms with Crippen molar-refractivity contribution in [3.63, 3.8) is 0 Å². The van der Waals surface area contributed by atoms with E-state index in [-0.39, 0.29) is 5.91 Å². The van der Waals surface area contributed by atoms with Gasteiger partial charge in [0.05, 0.1) is 17.9 Å². The van der Waals surface area contributed by atoms with Gasteiger partial charge in [0, 0.05) is 39.1 Å². The van der Waals surface area contributed by atoms with Gasteiger partial charge in [-0.2, -0.15) is 0 Å². The van der Waals surface area contributed by atoms with Crippen molar-refractivity contribution >= 4 is 11.6 Å². The van der Waals surface area contributed by atoms with Crippen LogP contribution in [0.2, 0.25) is 0 Å². The Morgan fingerprint density at radius 3 is 2.89 bits per heavy atom. The molecule has 18 heavy (non-hydrogen) atoms. The molecule has 1 amide bonds. The van der Waals surface area contributed by atoms with Gasteiger partial charge in [-0.05, 0) is 19.9 Å². The summed E-state index contributed by atoms with van der Waals surface area (Å²) in [7, 11) is 3.56. The number of hydrogen-bond acceptors (Lipinski definition) is 4. The van der Waals surface area contributed by atoms with Gasteiger partial charge in [0.2, 0.25) is 0 Å². The second-order valence-corrected chi connectivity index (χ2v) is 4.04. The minimum Gasteiger partial charge on any atom is -0.387 e. The lowest BCUT2D eigenvalue weighted by Gasteiger charge is -2.18. The lowest BCUT2D eigenvalue weighted by molar-refractivity contribution is 0.0710. The fourth-order valence-electron chi connectivity index (χ4n) is 1.59. The number of likely N-dealkylation sites (N-methyl/N-ethyl adjacent to an activating group) is 1. The third-order valence-electron chi connectivity index (χ3n) is 2.66. The predicted octanol–water partition coefficient (Wildman–Crippen LogP) is 1.54. The second kappa shape index (κ2) is 6.96. The molecule has 1 aromatic rings. The van der Waals surface area contributed by atoms with E-state index in [2.05, 4.69) is 10.3 Å². The van der Waals surface area contributed by atoms with Crippen LogP contribution in [0.5, 0.6) is 0 Å². The Hall–Kier alpha value is -1.62. The summed E-state index contributed by atoms with van der Waals surface area (Å²) in [5, 5.41) is 3.02. The first-order valence-corrected chi connectivity index (χ1v) is 6.07. The molecule has 1 rings (SSSR count). The monoisotopic (exact) mass is 251 g/mol. The van der Waals surface area contributed by atoms with Crippen LogP contribution in [-0.4, -0.2) is 49.6 Å². The summed E-state index contributed by atoms with van der Waals surface area (Å²) < 4.78 is 5.24. The molecule has 0 aromatic carbocycles. The van der Waals surface area contributed by atoms with Gasteiger partial charge >= 0.3 is 0 Å². The lowest BCUT2D eigenvalue weighted by Crippen LogP contribution is -2.30. The Morgan fingerprint density at radius 2 is 2.28 bits per heavy atom. The number of hydrogen-bond donors (Lipinski definition) is 1. The molecule has 5 heteroatoms. The van der Waals surface area contributed by atoms with Crippen LogP contribution in [0.1, 0.15) is 23.0 Å². The summed E-state index contributed by atoms with van der Waals surface area (Å²) in [4.78, 5) is 18.0. The standard InChI is InChI=1S/C13H21N3O2/c1-5-18-7-6-16(4)13(17)11-9-15-10(2)8-12(11)14-3/h8-9H,5-7H2,1-4H3,(H,14,15). The number of rotatable bonds is 6. The zero-order valence-corrected chi connectivity index (χ0v) is 11.5. The third kappa shape index (κ3) is 3.70. The fraction of sp³-hybridized carbons (Fsp3) is 0.538. The molecule has 1 heterocycles. The van der Waals surface area contributed by atoms with Gasteiger partial charge < -0.3 is 15.0 Å². The molecule has 0 saturated heterocycles. The van der Waals surface area contributed by atoms with Crippen LogP contribution < -0.4 is 5.32 Å². The Labute approximate surface area is 108 Å². The van der Waals surface area contributed by atoms with Crippen molar-refractivity contribution in [2.24, 2.45) is 0 Å². The predicted molar refractivity (Wildman–Crippen MR) is 72.0 cm³/mol. The molecular weight excluding hydrogens is 230 g/mol. The van der Waals surface area contributed by atoms with E-state index in [0.717, 1.165) is 11.4 Å². The minimum atomic E-state index is -0.0495. The molecule has 0 saturated carbocycles. The number of carbonyl (C=O) groups excluding carboxylic acids is 1.